The second-order valence-corrected chi connectivity index (χ2v) is 4.81. The molecule has 20 heavy (non-hydrogen) atoms. The molecule has 0 bridgehead atoms. The molecule has 5 nitrogen and oxygen atoms in total. The Balaban J connectivity index is 2.07. The van der Waals surface area contributed by atoms with Gasteiger partial charge in [-0.3, -0.25) is 4.68 Å². The van der Waals surface area contributed by atoms with Gasteiger partial charge < -0.3 is 14.8 Å². The van der Waals surface area contributed by atoms with Gasteiger partial charge in [-0.1, -0.05) is 17.7 Å². The number of hydrogen-bond acceptors (Lipinski definition) is 4. The van der Waals surface area contributed by atoms with Gasteiger partial charge in [0.05, 0.1) is 19.0 Å². The number of nitrogens with zero attached hydrogens (tertiary/aromatic N) is 2. The fourth-order valence-corrected chi connectivity index (χ4v) is 1.91. The minimum Gasteiger partial charge on any atom is -0.454 e. The molecule has 2 aromatic rings. The van der Waals surface area contributed by atoms with Crippen LogP contribution in [0.1, 0.15) is 5.56 Å². The summed E-state index contributed by atoms with van der Waals surface area (Å²) in [5, 5.41) is 8.01. The van der Waals surface area contributed by atoms with E-state index >= 15 is 0 Å². The fraction of sp³-hybridized carbons (Fsp3) is 0.357. The third-order valence-corrected chi connectivity index (χ3v) is 2.97. The maximum atomic E-state index is 6.03. The van der Waals surface area contributed by atoms with Gasteiger partial charge in [0.2, 0.25) is 0 Å². The minimum absolute atomic E-state index is 0.643. The van der Waals surface area contributed by atoms with Crippen LogP contribution in [-0.4, -0.2) is 30.0 Å². The van der Waals surface area contributed by atoms with Crippen LogP contribution in [0.5, 0.6) is 11.5 Å². The first-order chi connectivity index (χ1) is 9.69. The molecular formula is C14H18ClN3O2. The van der Waals surface area contributed by atoms with E-state index in [1.54, 1.807) is 18.0 Å². The van der Waals surface area contributed by atoms with Crippen LogP contribution in [0.25, 0.3) is 0 Å². The van der Waals surface area contributed by atoms with Gasteiger partial charge in [0.1, 0.15) is 5.75 Å². The third-order valence-electron chi connectivity index (χ3n) is 2.74. The summed E-state index contributed by atoms with van der Waals surface area (Å²) in [6, 6.07) is 5.61. The van der Waals surface area contributed by atoms with Crippen molar-refractivity contribution in [1.82, 2.24) is 15.1 Å². The van der Waals surface area contributed by atoms with E-state index in [4.69, 9.17) is 21.1 Å². The molecule has 108 valence electrons. The number of ether oxygens (including phenoxy) is 2. The Morgan fingerprint density at radius 1 is 1.40 bits per heavy atom. The van der Waals surface area contributed by atoms with Crippen molar-refractivity contribution >= 4 is 11.6 Å². The zero-order valence-corrected chi connectivity index (χ0v) is 12.4. The molecule has 0 saturated carbocycles. The summed E-state index contributed by atoms with van der Waals surface area (Å²) in [7, 11) is 3.53. The van der Waals surface area contributed by atoms with Gasteiger partial charge in [0.25, 0.3) is 0 Å². The Labute approximate surface area is 123 Å². The molecule has 0 radical (unpaired) electrons. The normalized spacial score (nSPS) is 10.8. The van der Waals surface area contributed by atoms with Crippen LogP contribution < -0.4 is 10.1 Å². The molecule has 0 spiro atoms. The van der Waals surface area contributed by atoms with Crippen LogP contribution in [0, 0.1) is 0 Å². The van der Waals surface area contributed by atoms with E-state index in [2.05, 4.69) is 10.4 Å². The van der Waals surface area contributed by atoms with E-state index < -0.39 is 0 Å². The monoisotopic (exact) mass is 295 g/mol. The number of benzene rings is 1. The lowest BCUT2D eigenvalue weighted by atomic mass is 10.2. The van der Waals surface area contributed by atoms with Gasteiger partial charge >= 0.3 is 0 Å². The van der Waals surface area contributed by atoms with Crippen LogP contribution in [0.3, 0.4) is 0 Å². The van der Waals surface area contributed by atoms with Crippen molar-refractivity contribution in [3.63, 3.8) is 0 Å². The van der Waals surface area contributed by atoms with E-state index in [1.807, 2.05) is 31.4 Å². The highest BCUT2D eigenvalue weighted by molar-refractivity contribution is 6.30. The molecule has 0 saturated heterocycles. The van der Waals surface area contributed by atoms with Crippen LogP contribution >= 0.6 is 11.6 Å². The quantitative estimate of drug-likeness (QED) is 0.798. The summed E-state index contributed by atoms with van der Waals surface area (Å²) in [5.41, 5.74) is 1.04. The smallest absolute Gasteiger partial charge is 0.165 e. The first kappa shape index (κ1) is 14.8. The number of aromatic nitrogens is 2. The molecule has 0 unspecified atom stereocenters. The van der Waals surface area contributed by atoms with Gasteiger partial charge in [-0.15, -0.1) is 0 Å². The van der Waals surface area contributed by atoms with Crippen molar-refractivity contribution in [2.45, 2.75) is 6.54 Å². The van der Waals surface area contributed by atoms with Crippen molar-refractivity contribution in [2.75, 3.05) is 20.3 Å². The van der Waals surface area contributed by atoms with E-state index in [-0.39, 0.29) is 0 Å². The van der Waals surface area contributed by atoms with Crippen LogP contribution in [0.15, 0.2) is 30.6 Å². The second-order valence-electron chi connectivity index (χ2n) is 4.37. The number of aryl methyl sites for hydroxylation is 1. The van der Waals surface area contributed by atoms with Gasteiger partial charge in [-0.2, -0.15) is 5.10 Å². The van der Waals surface area contributed by atoms with Gasteiger partial charge in [0, 0.05) is 37.8 Å². The molecule has 0 aliphatic carbocycles. The average Bonchev–Trinajstić information content (AvgIpc) is 2.82. The highest BCUT2D eigenvalue weighted by Gasteiger charge is 2.07. The molecule has 1 aromatic heterocycles. The first-order valence-corrected chi connectivity index (χ1v) is 6.71. The van der Waals surface area contributed by atoms with Crippen LogP contribution in [0.2, 0.25) is 5.02 Å². The molecule has 1 aromatic carbocycles. The Hall–Kier alpha value is -1.56. The van der Waals surface area contributed by atoms with Crippen molar-refractivity contribution in [3.8, 4) is 11.5 Å². The molecule has 6 heteroatoms. The number of hydrogen-bond donors (Lipinski definition) is 1. The fourth-order valence-electron chi connectivity index (χ4n) is 1.75. The lowest BCUT2D eigenvalue weighted by Crippen LogP contribution is -2.18. The molecule has 2 rings (SSSR count). The lowest BCUT2D eigenvalue weighted by Gasteiger charge is -2.11. The Kier molecular flexibility index (Phi) is 5.40. The molecule has 0 atom stereocenters. The topological polar surface area (TPSA) is 48.3 Å². The number of rotatable bonds is 7. The van der Waals surface area contributed by atoms with Crippen LogP contribution in [-0.2, 0) is 18.3 Å². The first-order valence-electron chi connectivity index (χ1n) is 6.33. The van der Waals surface area contributed by atoms with Crippen molar-refractivity contribution in [3.05, 3.63) is 41.2 Å². The standard InChI is InChI=1S/C14H18ClN3O2/c1-18-10-13(9-17-18)20-14-7-12(15)4-3-11(14)8-16-5-6-19-2/h3-4,7,9-10,16H,5-6,8H2,1-2H3. The Morgan fingerprint density at radius 2 is 2.25 bits per heavy atom. The Bertz CT molecular complexity index is 557. The SMILES string of the molecule is COCCNCc1ccc(Cl)cc1Oc1cnn(C)c1. The largest absolute Gasteiger partial charge is 0.454 e. The van der Waals surface area contributed by atoms with Crippen molar-refractivity contribution in [2.24, 2.45) is 7.05 Å². The molecule has 0 aliphatic heterocycles. The molecule has 1 heterocycles. The maximum absolute atomic E-state index is 6.03. The van der Waals surface area contributed by atoms with Crippen molar-refractivity contribution in [1.29, 1.82) is 0 Å². The number of methoxy groups -OCH3 is 1. The summed E-state index contributed by atoms with van der Waals surface area (Å²) in [6.45, 7) is 2.15. The zero-order valence-electron chi connectivity index (χ0n) is 11.6. The lowest BCUT2D eigenvalue weighted by molar-refractivity contribution is 0.199. The summed E-state index contributed by atoms with van der Waals surface area (Å²) in [6.07, 6.45) is 3.48. The highest BCUT2D eigenvalue weighted by atomic mass is 35.5. The summed E-state index contributed by atoms with van der Waals surface area (Å²) in [4.78, 5) is 0. The Morgan fingerprint density at radius 3 is 2.95 bits per heavy atom. The van der Waals surface area contributed by atoms with Gasteiger partial charge in [0.15, 0.2) is 5.75 Å². The van der Waals surface area contributed by atoms with E-state index in [0.29, 0.717) is 23.9 Å². The molecule has 0 fully saturated rings. The van der Waals surface area contributed by atoms with E-state index in [0.717, 1.165) is 17.9 Å². The van der Waals surface area contributed by atoms with E-state index in [1.165, 1.54) is 0 Å². The molecule has 0 aliphatic rings. The third kappa shape index (κ3) is 4.23. The molecular weight excluding hydrogens is 278 g/mol. The zero-order chi connectivity index (χ0) is 14.4. The average molecular weight is 296 g/mol. The summed E-state index contributed by atoms with van der Waals surface area (Å²) < 4.78 is 12.5. The molecule has 1 N–H and O–H groups in total. The molecule has 0 amide bonds. The predicted molar refractivity (Wildman–Crippen MR) is 78.3 cm³/mol. The van der Waals surface area contributed by atoms with E-state index in [9.17, 15) is 0 Å². The van der Waals surface area contributed by atoms with Gasteiger partial charge in [-0.05, 0) is 12.1 Å². The maximum Gasteiger partial charge on any atom is 0.165 e. The van der Waals surface area contributed by atoms with Crippen molar-refractivity contribution < 1.29 is 9.47 Å². The van der Waals surface area contributed by atoms with Crippen LogP contribution in [0.4, 0.5) is 0 Å². The minimum atomic E-state index is 0.643. The van der Waals surface area contributed by atoms with Gasteiger partial charge in [-0.25, -0.2) is 0 Å². The predicted octanol–water partition coefficient (Wildman–Crippen LogP) is 2.60. The summed E-state index contributed by atoms with van der Waals surface area (Å²) >= 11 is 6.03. The highest BCUT2D eigenvalue weighted by Crippen LogP contribution is 2.28. The second kappa shape index (κ2) is 7.28. The number of nitrogens with one attached hydrogen (secondary N) is 1. The number of halogens is 1. The summed E-state index contributed by atoms with van der Waals surface area (Å²) in [5.74, 6) is 1.42.